The van der Waals surface area contributed by atoms with Crippen molar-refractivity contribution in [2.24, 2.45) is 0 Å². The van der Waals surface area contributed by atoms with Gasteiger partial charge in [-0.1, -0.05) is 11.6 Å². The van der Waals surface area contributed by atoms with E-state index in [9.17, 15) is 0 Å². The highest BCUT2D eigenvalue weighted by atomic mass is 35.5. The van der Waals surface area contributed by atoms with Crippen LogP contribution in [0.3, 0.4) is 0 Å². The van der Waals surface area contributed by atoms with E-state index in [0.717, 1.165) is 5.69 Å². The van der Waals surface area contributed by atoms with E-state index in [4.69, 9.17) is 26.8 Å². The maximum absolute atomic E-state index is 6.05. The van der Waals surface area contributed by atoms with Gasteiger partial charge < -0.3 is 20.5 Å². The lowest BCUT2D eigenvalue weighted by atomic mass is 10.3. The van der Waals surface area contributed by atoms with E-state index in [-0.39, 0.29) is 0 Å². The zero-order valence-corrected chi connectivity index (χ0v) is 11.4. The van der Waals surface area contributed by atoms with Crippen molar-refractivity contribution >= 4 is 28.8 Å². The van der Waals surface area contributed by atoms with Gasteiger partial charge in [-0.25, -0.2) is 0 Å². The third-order valence-electron chi connectivity index (χ3n) is 2.52. The maximum atomic E-state index is 6.05. The van der Waals surface area contributed by atoms with Gasteiger partial charge in [0.1, 0.15) is 5.75 Å². The molecule has 0 fully saturated rings. The van der Waals surface area contributed by atoms with E-state index >= 15 is 0 Å². The molecule has 3 N–H and O–H groups in total. The molecule has 0 aliphatic carbocycles. The second-order valence-corrected chi connectivity index (χ2v) is 4.17. The Hall–Kier alpha value is -2.14. The lowest BCUT2D eigenvalue weighted by Gasteiger charge is -2.11. The van der Waals surface area contributed by atoms with E-state index in [1.165, 1.54) is 0 Å². The van der Waals surface area contributed by atoms with E-state index in [2.05, 4.69) is 10.3 Å². The van der Waals surface area contributed by atoms with Crippen LogP contribution in [0.5, 0.6) is 11.6 Å². The molecule has 19 heavy (non-hydrogen) atoms. The summed E-state index contributed by atoms with van der Waals surface area (Å²) in [5.41, 5.74) is 7.13. The Balaban J connectivity index is 2.28. The van der Waals surface area contributed by atoms with Crippen molar-refractivity contribution in [1.29, 1.82) is 0 Å². The highest BCUT2D eigenvalue weighted by Gasteiger charge is 2.06. The van der Waals surface area contributed by atoms with Crippen molar-refractivity contribution in [2.75, 3.05) is 25.3 Å². The summed E-state index contributed by atoms with van der Waals surface area (Å²) < 4.78 is 10.1. The molecular weight excluding hydrogens is 266 g/mol. The van der Waals surface area contributed by atoms with E-state index < -0.39 is 0 Å². The summed E-state index contributed by atoms with van der Waals surface area (Å²) in [7, 11) is 3.11. The van der Waals surface area contributed by atoms with Crippen LogP contribution in [0.4, 0.5) is 17.2 Å². The van der Waals surface area contributed by atoms with Gasteiger partial charge in [0.05, 0.1) is 24.9 Å². The Morgan fingerprint density at radius 2 is 1.95 bits per heavy atom. The second kappa shape index (κ2) is 5.67. The third-order valence-corrected chi connectivity index (χ3v) is 2.82. The van der Waals surface area contributed by atoms with Gasteiger partial charge in [-0.05, 0) is 24.3 Å². The number of pyridine rings is 1. The van der Waals surface area contributed by atoms with Crippen LogP contribution >= 0.6 is 11.6 Å². The van der Waals surface area contributed by atoms with Gasteiger partial charge in [0.2, 0.25) is 5.88 Å². The van der Waals surface area contributed by atoms with Gasteiger partial charge >= 0.3 is 0 Å². The highest BCUT2D eigenvalue weighted by Crippen LogP contribution is 2.30. The van der Waals surface area contributed by atoms with Crippen molar-refractivity contribution in [1.82, 2.24) is 4.98 Å². The molecule has 0 saturated carbocycles. The van der Waals surface area contributed by atoms with Gasteiger partial charge in [-0.3, -0.25) is 0 Å². The molecule has 0 spiro atoms. The SMILES string of the molecule is COc1ccc(N)c(Nc2ccc(OC)c(Cl)c2)n1. The molecule has 0 aliphatic heterocycles. The van der Waals surface area contributed by atoms with E-state index in [1.807, 2.05) is 6.07 Å². The van der Waals surface area contributed by atoms with Gasteiger partial charge in [-0.2, -0.15) is 4.98 Å². The first-order valence-electron chi connectivity index (χ1n) is 5.55. The minimum Gasteiger partial charge on any atom is -0.495 e. The van der Waals surface area contributed by atoms with Crippen molar-refractivity contribution in [3.05, 3.63) is 35.4 Å². The molecule has 1 aromatic heterocycles. The molecule has 0 aliphatic rings. The normalized spacial score (nSPS) is 10.1. The van der Waals surface area contributed by atoms with Crippen LogP contribution in [0.25, 0.3) is 0 Å². The number of nitrogens with two attached hydrogens (primary N) is 1. The van der Waals surface area contributed by atoms with Crippen molar-refractivity contribution in [3.63, 3.8) is 0 Å². The molecule has 2 aromatic rings. The number of halogens is 1. The summed E-state index contributed by atoms with van der Waals surface area (Å²) in [4.78, 5) is 4.23. The third kappa shape index (κ3) is 3.00. The fourth-order valence-corrected chi connectivity index (χ4v) is 1.80. The largest absolute Gasteiger partial charge is 0.495 e. The molecule has 0 amide bonds. The lowest BCUT2D eigenvalue weighted by Crippen LogP contribution is -2.00. The van der Waals surface area contributed by atoms with Crippen molar-refractivity contribution in [2.45, 2.75) is 0 Å². The van der Waals surface area contributed by atoms with Crippen molar-refractivity contribution in [3.8, 4) is 11.6 Å². The summed E-state index contributed by atoms with van der Waals surface area (Å²) in [5, 5.41) is 3.59. The molecule has 2 rings (SSSR count). The van der Waals surface area contributed by atoms with Gasteiger partial charge in [0, 0.05) is 11.8 Å². The zero-order chi connectivity index (χ0) is 13.8. The fourth-order valence-electron chi connectivity index (χ4n) is 1.55. The molecule has 1 heterocycles. The molecule has 6 heteroatoms. The number of aromatic nitrogens is 1. The number of rotatable bonds is 4. The molecule has 0 atom stereocenters. The van der Waals surface area contributed by atoms with Crippen LogP contribution in [0.1, 0.15) is 0 Å². The molecule has 0 unspecified atom stereocenters. The first-order chi connectivity index (χ1) is 9.13. The molecular formula is C13H14ClN3O2. The average molecular weight is 280 g/mol. The molecule has 0 radical (unpaired) electrons. The van der Waals surface area contributed by atoms with Crippen LogP contribution in [-0.2, 0) is 0 Å². The van der Waals surface area contributed by atoms with Crippen LogP contribution < -0.4 is 20.5 Å². The Morgan fingerprint density at radius 1 is 1.16 bits per heavy atom. The van der Waals surface area contributed by atoms with E-state index in [0.29, 0.717) is 28.2 Å². The summed E-state index contributed by atoms with van der Waals surface area (Å²) in [6.07, 6.45) is 0. The standard InChI is InChI=1S/C13H14ClN3O2/c1-18-11-5-3-8(7-9(11)14)16-13-10(15)4-6-12(17-13)19-2/h3-7H,15H2,1-2H3,(H,16,17). The van der Waals surface area contributed by atoms with Gasteiger partial charge in [0.25, 0.3) is 0 Å². The fraction of sp³-hybridized carbons (Fsp3) is 0.154. The highest BCUT2D eigenvalue weighted by molar-refractivity contribution is 6.32. The Morgan fingerprint density at radius 3 is 2.58 bits per heavy atom. The summed E-state index contributed by atoms with van der Waals surface area (Å²) in [6, 6.07) is 8.74. The first kappa shape index (κ1) is 13.3. The number of ether oxygens (including phenoxy) is 2. The molecule has 100 valence electrons. The molecule has 1 aromatic carbocycles. The number of anilines is 3. The predicted octanol–water partition coefficient (Wildman–Crippen LogP) is 3.08. The van der Waals surface area contributed by atoms with Gasteiger partial charge in [-0.15, -0.1) is 0 Å². The lowest BCUT2D eigenvalue weighted by molar-refractivity contribution is 0.398. The van der Waals surface area contributed by atoms with Gasteiger partial charge in [0.15, 0.2) is 5.82 Å². The quantitative estimate of drug-likeness (QED) is 0.900. The molecule has 0 bridgehead atoms. The maximum Gasteiger partial charge on any atom is 0.215 e. The Bertz CT molecular complexity index is 590. The Kier molecular flexibility index (Phi) is 3.97. The summed E-state index contributed by atoms with van der Waals surface area (Å²) >= 11 is 6.05. The molecule has 5 nitrogen and oxygen atoms in total. The number of nitrogens with one attached hydrogen (secondary N) is 1. The first-order valence-corrected chi connectivity index (χ1v) is 5.93. The number of benzene rings is 1. The zero-order valence-electron chi connectivity index (χ0n) is 10.6. The number of hydrogen-bond acceptors (Lipinski definition) is 5. The second-order valence-electron chi connectivity index (χ2n) is 3.77. The summed E-state index contributed by atoms with van der Waals surface area (Å²) in [6.45, 7) is 0. The Labute approximate surface area is 116 Å². The predicted molar refractivity (Wildman–Crippen MR) is 76.5 cm³/mol. The smallest absolute Gasteiger partial charge is 0.215 e. The number of hydrogen-bond donors (Lipinski definition) is 2. The van der Waals surface area contributed by atoms with Crippen LogP contribution in [0.2, 0.25) is 5.02 Å². The summed E-state index contributed by atoms with van der Waals surface area (Å²) in [5.74, 6) is 1.61. The number of nitrogens with zero attached hydrogens (tertiary/aromatic N) is 1. The minimum absolute atomic E-state index is 0.483. The van der Waals surface area contributed by atoms with E-state index in [1.54, 1.807) is 38.5 Å². The van der Waals surface area contributed by atoms with Crippen LogP contribution in [-0.4, -0.2) is 19.2 Å². The van der Waals surface area contributed by atoms with Crippen molar-refractivity contribution < 1.29 is 9.47 Å². The minimum atomic E-state index is 0.483. The van der Waals surface area contributed by atoms with Crippen LogP contribution in [0, 0.1) is 0 Å². The van der Waals surface area contributed by atoms with Crippen LogP contribution in [0.15, 0.2) is 30.3 Å². The number of methoxy groups -OCH3 is 2. The molecule has 0 saturated heterocycles. The topological polar surface area (TPSA) is 69.4 Å². The monoisotopic (exact) mass is 279 g/mol. The number of nitrogen functional groups attached to an aromatic ring is 1. The average Bonchev–Trinajstić information content (AvgIpc) is 2.41.